The van der Waals surface area contributed by atoms with Gasteiger partial charge in [0.15, 0.2) is 5.82 Å². The van der Waals surface area contributed by atoms with Crippen molar-refractivity contribution in [3.63, 3.8) is 0 Å². The number of aromatic nitrogens is 2. The van der Waals surface area contributed by atoms with Gasteiger partial charge in [0.1, 0.15) is 0 Å². The molecule has 0 fully saturated rings. The van der Waals surface area contributed by atoms with Crippen molar-refractivity contribution in [1.29, 1.82) is 0 Å². The molecule has 0 atom stereocenters. The number of rotatable bonds is 1. The maximum absolute atomic E-state index is 5.83. The van der Waals surface area contributed by atoms with E-state index in [4.69, 9.17) is 10.3 Å². The molecule has 4 heteroatoms. The lowest BCUT2D eigenvalue weighted by molar-refractivity contribution is 0.313. The quantitative estimate of drug-likeness (QED) is 0.717. The Morgan fingerprint density at radius 1 is 1.15 bits per heavy atom. The van der Waals surface area contributed by atoms with Gasteiger partial charge in [-0.3, -0.25) is 0 Å². The summed E-state index contributed by atoms with van der Waals surface area (Å²) in [5.41, 5.74) is 5.18. The van der Waals surface area contributed by atoms with Crippen molar-refractivity contribution < 1.29 is 4.52 Å². The van der Waals surface area contributed by atoms with Gasteiger partial charge >= 0.3 is 0 Å². The van der Waals surface area contributed by atoms with E-state index < -0.39 is 5.54 Å². The van der Waals surface area contributed by atoms with Crippen molar-refractivity contribution in [1.82, 2.24) is 10.1 Å². The standard InChI is InChI=1S/C9H17N3O/c1-8(2,3)7-11-6(12-13-7)9(4,5)10/h10H2,1-5H3. The lowest BCUT2D eigenvalue weighted by atomic mass is 9.97. The zero-order valence-corrected chi connectivity index (χ0v) is 8.88. The topological polar surface area (TPSA) is 64.9 Å². The first-order chi connectivity index (χ1) is 5.71. The fourth-order valence-corrected chi connectivity index (χ4v) is 0.790. The molecule has 1 rings (SSSR count). The number of hydrogen-bond acceptors (Lipinski definition) is 4. The Morgan fingerprint density at radius 2 is 1.69 bits per heavy atom. The molecule has 0 saturated carbocycles. The summed E-state index contributed by atoms with van der Waals surface area (Å²) in [6, 6.07) is 0. The van der Waals surface area contributed by atoms with E-state index in [2.05, 4.69) is 10.1 Å². The van der Waals surface area contributed by atoms with Gasteiger partial charge in [-0.25, -0.2) is 0 Å². The van der Waals surface area contributed by atoms with Gasteiger partial charge < -0.3 is 10.3 Å². The van der Waals surface area contributed by atoms with Gasteiger partial charge in [0.25, 0.3) is 0 Å². The molecule has 2 N–H and O–H groups in total. The molecule has 0 radical (unpaired) electrons. The van der Waals surface area contributed by atoms with Gasteiger partial charge in [-0.05, 0) is 13.8 Å². The van der Waals surface area contributed by atoms with Crippen LogP contribution in [-0.2, 0) is 11.0 Å². The molecule has 74 valence electrons. The van der Waals surface area contributed by atoms with Crippen LogP contribution in [0, 0.1) is 0 Å². The van der Waals surface area contributed by atoms with Crippen LogP contribution in [0.1, 0.15) is 46.3 Å². The van der Waals surface area contributed by atoms with Crippen LogP contribution in [0.2, 0.25) is 0 Å². The van der Waals surface area contributed by atoms with Crippen LogP contribution < -0.4 is 5.73 Å². The Bertz CT molecular complexity index is 262. The van der Waals surface area contributed by atoms with Crippen LogP contribution in [0.25, 0.3) is 0 Å². The second-order valence-corrected chi connectivity index (χ2v) is 4.89. The van der Waals surface area contributed by atoms with Crippen LogP contribution in [0.3, 0.4) is 0 Å². The fourth-order valence-electron chi connectivity index (χ4n) is 0.790. The first-order valence-corrected chi connectivity index (χ1v) is 4.35. The van der Waals surface area contributed by atoms with E-state index in [-0.39, 0.29) is 5.41 Å². The molecule has 0 bridgehead atoms. The van der Waals surface area contributed by atoms with E-state index in [0.717, 1.165) is 0 Å². The van der Waals surface area contributed by atoms with Crippen LogP contribution in [0.15, 0.2) is 4.52 Å². The van der Waals surface area contributed by atoms with Gasteiger partial charge in [0.2, 0.25) is 5.89 Å². The van der Waals surface area contributed by atoms with Crippen molar-refractivity contribution in [2.45, 2.75) is 45.6 Å². The molecular weight excluding hydrogens is 166 g/mol. The minimum Gasteiger partial charge on any atom is -0.339 e. The van der Waals surface area contributed by atoms with Crippen molar-refractivity contribution in [2.24, 2.45) is 5.73 Å². The zero-order valence-electron chi connectivity index (χ0n) is 8.88. The predicted molar refractivity (Wildman–Crippen MR) is 50.2 cm³/mol. The summed E-state index contributed by atoms with van der Waals surface area (Å²) < 4.78 is 5.11. The zero-order chi connectivity index (χ0) is 10.3. The molecule has 0 saturated heterocycles. The van der Waals surface area contributed by atoms with Gasteiger partial charge in [0.05, 0.1) is 5.54 Å². The molecule has 1 aromatic rings. The van der Waals surface area contributed by atoms with Crippen molar-refractivity contribution in [3.05, 3.63) is 11.7 Å². The van der Waals surface area contributed by atoms with Crippen LogP contribution >= 0.6 is 0 Å². The minimum atomic E-state index is -0.535. The largest absolute Gasteiger partial charge is 0.339 e. The molecular formula is C9H17N3O. The highest BCUT2D eigenvalue weighted by atomic mass is 16.5. The summed E-state index contributed by atoms with van der Waals surface area (Å²) >= 11 is 0. The summed E-state index contributed by atoms with van der Waals surface area (Å²) in [7, 11) is 0. The van der Waals surface area contributed by atoms with Crippen LogP contribution in [-0.4, -0.2) is 10.1 Å². The molecule has 0 aliphatic carbocycles. The van der Waals surface area contributed by atoms with Crippen molar-refractivity contribution in [3.8, 4) is 0 Å². The average Bonchev–Trinajstić information content (AvgIpc) is 2.28. The summed E-state index contributed by atoms with van der Waals surface area (Å²) in [6.07, 6.45) is 0. The van der Waals surface area contributed by atoms with E-state index in [9.17, 15) is 0 Å². The van der Waals surface area contributed by atoms with E-state index in [1.54, 1.807) is 0 Å². The van der Waals surface area contributed by atoms with Crippen LogP contribution in [0.4, 0.5) is 0 Å². The van der Waals surface area contributed by atoms with Crippen LogP contribution in [0.5, 0.6) is 0 Å². The fraction of sp³-hybridized carbons (Fsp3) is 0.778. The third-order valence-corrected chi connectivity index (χ3v) is 1.64. The summed E-state index contributed by atoms with van der Waals surface area (Å²) in [5.74, 6) is 1.18. The van der Waals surface area contributed by atoms with Crippen molar-refractivity contribution in [2.75, 3.05) is 0 Å². The van der Waals surface area contributed by atoms with Gasteiger partial charge in [-0.15, -0.1) is 0 Å². The first-order valence-electron chi connectivity index (χ1n) is 4.35. The molecule has 0 aliphatic rings. The van der Waals surface area contributed by atoms with E-state index in [1.165, 1.54) is 0 Å². The molecule has 4 nitrogen and oxygen atoms in total. The maximum atomic E-state index is 5.83. The highest BCUT2D eigenvalue weighted by Gasteiger charge is 2.26. The smallest absolute Gasteiger partial charge is 0.232 e. The Balaban J connectivity index is 3.01. The monoisotopic (exact) mass is 183 g/mol. The Labute approximate surface area is 78.5 Å². The first kappa shape index (κ1) is 10.2. The molecule has 13 heavy (non-hydrogen) atoms. The van der Waals surface area contributed by atoms with E-state index in [0.29, 0.717) is 11.7 Å². The molecule has 0 amide bonds. The number of nitrogens with zero attached hydrogens (tertiary/aromatic N) is 2. The SMILES string of the molecule is CC(C)(C)c1nc(C(C)(C)N)no1. The summed E-state index contributed by atoms with van der Waals surface area (Å²) in [5, 5.41) is 3.84. The average molecular weight is 183 g/mol. The van der Waals surface area contributed by atoms with E-state index >= 15 is 0 Å². The Morgan fingerprint density at radius 3 is 1.92 bits per heavy atom. The molecule has 1 heterocycles. The molecule has 0 spiro atoms. The third kappa shape index (κ3) is 2.28. The molecule has 0 aromatic carbocycles. The third-order valence-electron chi connectivity index (χ3n) is 1.64. The Hall–Kier alpha value is -0.900. The van der Waals surface area contributed by atoms with Gasteiger partial charge in [-0.1, -0.05) is 25.9 Å². The van der Waals surface area contributed by atoms with E-state index in [1.807, 2.05) is 34.6 Å². The number of nitrogens with two attached hydrogens (primary N) is 1. The van der Waals surface area contributed by atoms with Gasteiger partial charge in [-0.2, -0.15) is 4.98 Å². The minimum absolute atomic E-state index is 0.115. The van der Waals surface area contributed by atoms with Gasteiger partial charge in [0, 0.05) is 5.41 Å². The molecule has 0 aliphatic heterocycles. The second kappa shape index (κ2) is 2.80. The highest BCUT2D eigenvalue weighted by molar-refractivity contribution is 5.04. The molecule has 0 unspecified atom stereocenters. The molecule has 1 aromatic heterocycles. The maximum Gasteiger partial charge on any atom is 0.232 e. The normalized spacial score (nSPS) is 13.4. The summed E-state index contributed by atoms with van der Waals surface area (Å²) in [6.45, 7) is 9.77. The number of hydrogen-bond donors (Lipinski definition) is 1. The Kier molecular flexibility index (Phi) is 2.20. The predicted octanol–water partition coefficient (Wildman–Crippen LogP) is 1.56. The lowest BCUT2D eigenvalue weighted by Crippen LogP contribution is -2.30. The lowest BCUT2D eigenvalue weighted by Gasteiger charge is -2.13. The highest BCUT2D eigenvalue weighted by Crippen LogP contribution is 2.22. The summed E-state index contributed by atoms with van der Waals surface area (Å²) in [4.78, 5) is 4.25. The second-order valence-electron chi connectivity index (χ2n) is 4.89. The van der Waals surface area contributed by atoms with Crippen molar-refractivity contribution >= 4 is 0 Å².